The molecular formula is C14H29N. The molecular weight excluding hydrogens is 182 g/mol. The summed E-state index contributed by atoms with van der Waals surface area (Å²) in [6.07, 6.45) is 2.45. The molecule has 0 bridgehead atoms. The minimum Gasteiger partial charge on any atom is -0.304 e. The van der Waals surface area contributed by atoms with E-state index in [1.165, 1.54) is 32.5 Å². The van der Waals surface area contributed by atoms with Gasteiger partial charge >= 0.3 is 0 Å². The van der Waals surface area contributed by atoms with Crippen molar-refractivity contribution in [1.29, 1.82) is 0 Å². The molecule has 1 atom stereocenters. The van der Waals surface area contributed by atoms with Gasteiger partial charge in [0.2, 0.25) is 0 Å². The van der Waals surface area contributed by atoms with Crippen LogP contribution in [0, 0.1) is 17.8 Å². The van der Waals surface area contributed by atoms with E-state index in [0.717, 1.165) is 0 Å². The standard InChI is InChI=1S/C12H23N.C2H6/c1-5-8-12(4)9-11-13(7-3)10-6-2;1-2/h12H,6-7,9-11H2,1-4H3;1-2H3. The molecule has 0 N–H and O–H groups in total. The Bertz CT molecular complexity index is 164. The Morgan fingerprint density at radius 2 is 1.73 bits per heavy atom. The fourth-order valence-corrected chi connectivity index (χ4v) is 1.44. The molecule has 0 aliphatic heterocycles. The summed E-state index contributed by atoms with van der Waals surface area (Å²) in [5.74, 6) is 6.71. The third-order valence-electron chi connectivity index (χ3n) is 2.26. The van der Waals surface area contributed by atoms with Gasteiger partial charge in [-0.1, -0.05) is 34.6 Å². The molecule has 0 radical (unpaired) electrons. The normalized spacial score (nSPS) is 11.1. The first-order chi connectivity index (χ1) is 7.24. The van der Waals surface area contributed by atoms with Crippen LogP contribution in [0.25, 0.3) is 0 Å². The molecule has 1 heteroatoms. The van der Waals surface area contributed by atoms with Crippen LogP contribution in [0.3, 0.4) is 0 Å². The summed E-state index contributed by atoms with van der Waals surface area (Å²) in [4.78, 5) is 2.49. The summed E-state index contributed by atoms with van der Waals surface area (Å²) in [5, 5.41) is 0. The lowest BCUT2D eigenvalue weighted by atomic mass is 10.1. The zero-order chi connectivity index (χ0) is 12.1. The average molecular weight is 211 g/mol. The molecule has 0 amide bonds. The van der Waals surface area contributed by atoms with E-state index in [0.29, 0.717) is 5.92 Å². The van der Waals surface area contributed by atoms with Crippen molar-refractivity contribution in [3.8, 4) is 11.8 Å². The monoisotopic (exact) mass is 211 g/mol. The number of rotatable bonds is 6. The van der Waals surface area contributed by atoms with Gasteiger partial charge in [0, 0.05) is 5.92 Å². The molecule has 90 valence electrons. The van der Waals surface area contributed by atoms with Crippen molar-refractivity contribution in [3.63, 3.8) is 0 Å². The van der Waals surface area contributed by atoms with E-state index in [1.807, 2.05) is 20.8 Å². The Morgan fingerprint density at radius 3 is 2.13 bits per heavy atom. The van der Waals surface area contributed by atoms with Crippen molar-refractivity contribution in [2.45, 2.75) is 54.4 Å². The van der Waals surface area contributed by atoms with Gasteiger partial charge in [0.25, 0.3) is 0 Å². The van der Waals surface area contributed by atoms with Crippen LogP contribution in [0.4, 0.5) is 0 Å². The molecule has 0 saturated carbocycles. The lowest BCUT2D eigenvalue weighted by molar-refractivity contribution is 0.276. The lowest BCUT2D eigenvalue weighted by Crippen LogP contribution is -2.26. The number of hydrogen-bond donors (Lipinski definition) is 0. The second-order valence-electron chi connectivity index (χ2n) is 3.52. The first-order valence-corrected chi connectivity index (χ1v) is 6.39. The SMILES string of the molecule is CC.CC#CC(C)CCN(CC)CCC. The van der Waals surface area contributed by atoms with Gasteiger partial charge in [0.15, 0.2) is 0 Å². The maximum absolute atomic E-state index is 3.19. The van der Waals surface area contributed by atoms with Crippen molar-refractivity contribution in [3.05, 3.63) is 0 Å². The van der Waals surface area contributed by atoms with Gasteiger partial charge in [-0.2, -0.15) is 0 Å². The van der Waals surface area contributed by atoms with Crippen molar-refractivity contribution in [2.75, 3.05) is 19.6 Å². The van der Waals surface area contributed by atoms with Crippen molar-refractivity contribution >= 4 is 0 Å². The molecule has 0 heterocycles. The first kappa shape index (κ1) is 16.9. The molecule has 0 aromatic heterocycles. The zero-order valence-electron chi connectivity index (χ0n) is 11.6. The summed E-state index contributed by atoms with van der Waals surface area (Å²) in [6, 6.07) is 0. The summed E-state index contributed by atoms with van der Waals surface area (Å²) >= 11 is 0. The van der Waals surface area contributed by atoms with Gasteiger partial charge in [-0.05, 0) is 39.4 Å². The highest BCUT2D eigenvalue weighted by atomic mass is 15.1. The third-order valence-corrected chi connectivity index (χ3v) is 2.26. The summed E-state index contributed by atoms with van der Waals surface area (Å²) in [5.41, 5.74) is 0. The van der Waals surface area contributed by atoms with E-state index in [1.54, 1.807) is 0 Å². The molecule has 0 saturated heterocycles. The maximum Gasteiger partial charge on any atom is 0.0186 e. The van der Waals surface area contributed by atoms with E-state index in [9.17, 15) is 0 Å². The predicted octanol–water partition coefficient (Wildman–Crippen LogP) is 3.79. The maximum atomic E-state index is 3.19. The van der Waals surface area contributed by atoms with Crippen LogP contribution in [0.2, 0.25) is 0 Å². The molecule has 15 heavy (non-hydrogen) atoms. The Morgan fingerprint density at radius 1 is 1.13 bits per heavy atom. The Labute approximate surface area is 97.2 Å². The van der Waals surface area contributed by atoms with Crippen molar-refractivity contribution in [1.82, 2.24) is 4.90 Å². The summed E-state index contributed by atoms with van der Waals surface area (Å²) in [7, 11) is 0. The first-order valence-electron chi connectivity index (χ1n) is 6.39. The Hall–Kier alpha value is -0.480. The predicted molar refractivity (Wildman–Crippen MR) is 71.0 cm³/mol. The van der Waals surface area contributed by atoms with Crippen LogP contribution in [-0.4, -0.2) is 24.5 Å². The van der Waals surface area contributed by atoms with Gasteiger partial charge in [-0.15, -0.1) is 11.8 Å². The molecule has 1 unspecified atom stereocenters. The second-order valence-corrected chi connectivity index (χ2v) is 3.52. The molecule has 1 nitrogen and oxygen atoms in total. The van der Waals surface area contributed by atoms with Crippen molar-refractivity contribution in [2.24, 2.45) is 5.92 Å². The van der Waals surface area contributed by atoms with Crippen LogP contribution in [0.15, 0.2) is 0 Å². The van der Waals surface area contributed by atoms with Gasteiger partial charge in [-0.25, -0.2) is 0 Å². The number of nitrogens with zero attached hydrogens (tertiary/aromatic N) is 1. The number of hydrogen-bond acceptors (Lipinski definition) is 1. The molecule has 0 aromatic carbocycles. The van der Waals surface area contributed by atoms with E-state index in [4.69, 9.17) is 0 Å². The average Bonchev–Trinajstić information content (AvgIpc) is 2.27. The smallest absolute Gasteiger partial charge is 0.0186 e. The highest BCUT2D eigenvalue weighted by Crippen LogP contribution is 2.02. The lowest BCUT2D eigenvalue weighted by Gasteiger charge is -2.19. The van der Waals surface area contributed by atoms with Gasteiger partial charge < -0.3 is 4.90 Å². The largest absolute Gasteiger partial charge is 0.304 e. The van der Waals surface area contributed by atoms with E-state index < -0.39 is 0 Å². The minimum atomic E-state index is 0.552. The second kappa shape index (κ2) is 13.5. The molecule has 0 fully saturated rings. The van der Waals surface area contributed by atoms with E-state index in [2.05, 4.69) is 37.5 Å². The van der Waals surface area contributed by atoms with Crippen molar-refractivity contribution < 1.29 is 0 Å². The van der Waals surface area contributed by atoms with Crippen LogP contribution in [-0.2, 0) is 0 Å². The van der Waals surface area contributed by atoms with Crippen LogP contribution < -0.4 is 0 Å². The summed E-state index contributed by atoms with van der Waals surface area (Å²) in [6.45, 7) is 16.2. The van der Waals surface area contributed by atoms with Gasteiger partial charge in [0.1, 0.15) is 0 Å². The fourth-order valence-electron chi connectivity index (χ4n) is 1.44. The molecule has 0 spiro atoms. The highest BCUT2D eigenvalue weighted by Gasteiger charge is 2.02. The van der Waals surface area contributed by atoms with Crippen LogP contribution in [0.5, 0.6) is 0 Å². The van der Waals surface area contributed by atoms with E-state index >= 15 is 0 Å². The highest BCUT2D eigenvalue weighted by molar-refractivity contribution is 4.99. The third kappa shape index (κ3) is 11.4. The Kier molecular flexibility index (Phi) is 15.3. The van der Waals surface area contributed by atoms with Crippen LogP contribution in [0.1, 0.15) is 54.4 Å². The van der Waals surface area contributed by atoms with E-state index in [-0.39, 0.29) is 0 Å². The minimum absolute atomic E-state index is 0.552. The van der Waals surface area contributed by atoms with Crippen LogP contribution >= 0.6 is 0 Å². The fraction of sp³-hybridized carbons (Fsp3) is 0.857. The van der Waals surface area contributed by atoms with Gasteiger partial charge in [-0.3, -0.25) is 0 Å². The summed E-state index contributed by atoms with van der Waals surface area (Å²) < 4.78 is 0. The van der Waals surface area contributed by atoms with Gasteiger partial charge in [0.05, 0.1) is 0 Å². The molecule has 0 aromatic rings. The zero-order valence-corrected chi connectivity index (χ0v) is 11.6. The quantitative estimate of drug-likeness (QED) is 0.604. The molecule has 0 rings (SSSR count). The molecule has 0 aliphatic carbocycles. The molecule has 0 aliphatic rings. The topological polar surface area (TPSA) is 3.24 Å². The Balaban J connectivity index is 0.